The van der Waals surface area contributed by atoms with E-state index in [2.05, 4.69) is 23.8 Å². The molecule has 0 aliphatic rings. The first kappa shape index (κ1) is 9.19. The fourth-order valence-electron chi connectivity index (χ4n) is 1.51. The van der Waals surface area contributed by atoms with Crippen LogP contribution in [0, 0.1) is 13.8 Å². The molecule has 3 nitrogen and oxygen atoms in total. The van der Waals surface area contributed by atoms with Gasteiger partial charge in [-0.15, -0.1) is 0 Å². The first-order valence-corrected chi connectivity index (χ1v) is 4.82. The molecule has 0 saturated heterocycles. The normalized spacial score (nSPS) is 11.5. The first-order valence-electron chi connectivity index (χ1n) is 4.82. The van der Waals surface area contributed by atoms with E-state index in [-0.39, 0.29) is 0 Å². The zero-order valence-electron chi connectivity index (χ0n) is 8.96. The number of hydrogen-bond donors (Lipinski definition) is 0. The molecule has 2 aromatic rings. The summed E-state index contributed by atoms with van der Waals surface area (Å²) in [7, 11) is 0. The van der Waals surface area contributed by atoms with E-state index in [1.165, 1.54) is 0 Å². The van der Waals surface area contributed by atoms with Crippen LogP contribution < -0.4 is 0 Å². The molecule has 0 radical (unpaired) electrons. The highest BCUT2D eigenvalue weighted by Crippen LogP contribution is 2.22. The average molecular weight is 190 g/mol. The number of aryl methyl sites for hydroxylation is 2. The molecule has 0 fully saturated rings. The van der Waals surface area contributed by atoms with Gasteiger partial charge in [0.05, 0.1) is 5.69 Å². The van der Waals surface area contributed by atoms with E-state index in [1.54, 1.807) is 0 Å². The van der Waals surface area contributed by atoms with Gasteiger partial charge in [-0.05, 0) is 12.8 Å². The molecule has 0 saturated carbocycles. The van der Waals surface area contributed by atoms with E-state index in [0.717, 1.165) is 22.5 Å². The van der Waals surface area contributed by atoms with Gasteiger partial charge in [0.2, 0.25) is 0 Å². The molecule has 0 aromatic carbocycles. The number of hydrogen-bond acceptors (Lipinski definition) is 3. The largest absolute Gasteiger partial charge is 0.441 e. The predicted octanol–water partition coefficient (Wildman–Crippen LogP) is 2.96. The number of rotatable bonds is 1. The van der Waals surface area contributed by atoms with Crippen LogP contribution in [0.1, 0.15) is 37.0 Å². The quantitative estimate of drug-likeness (QED) is 0.694. The summed E-state index contributed by atoms with van der Waals surface area (Å²) in [6, 6.07) is 1.98. The van der Waals surface area contributed by atoms with Gasteiger partial charge < -0.3 is 4.42 Å². The summed E-state index contributed by atoms with van der Waals surface area (Å²) in [5.74, 6) is 1.12. The van der Waals surface area contributed by atoms with Gasteiger partial charge in [-0.1, -0.05) is 13.8 Å². The average Bonchev–Trinajstić information content (AvgIpc) is 2.45. The Balaban J connectivity index is 2.71. The van der Waals surface area contributed by atoms with Crippen molar-refractivity contribution in [1.29, 1.82) is 0 Å². The molecule has 0 atom stereocenters. The minimum atomic E-state index is 0.420. The minimum absolute atomic E-state index is 0.420. The summed E-state index contributed by atoms with van der Waals surface area (Å²) in [6.07, 6.45) is 0. The molecule has 0 N–H and O–H groups in total. The number of pyridine rings is 1. The zero-order chi connectivity index (χ0) is 10.3. The van der Waals surface area contributed by atoms with Crippen LogP contribution in [0.3, 0.4) is 0 Å². The monoisotopic (exact) mass is 190 g/mol. The fourth-order valence-corrected chi connectivity index (χ4v) is 1.51. The maximum Gasteiger partial charge on any atom is 0.192 e. The van der Waals surface area contributed by atoms with E-state index in [4.69, 9.17) is 4.42 Å². The molecule has 74 valence electrons. The maximum absolute atomic E-state index is 5.49. The number of nitrogens with zero attached hydrogens (tertiary/aromatic N) is 2. The van der Waals surface area contributed by atoms with E-state index in [9.17, 15) is 0 Å². The van der Waals surface area contributed by atoms with Crippen LogP contribution in [0.15, 0.2) is 10.5 Å². The Hall–Kier alpha value is -1.38. The highest BCUT2D eigenvalue weighted by Gasteiger charge is 2.10. The van der Waals surface area contributed by atoms with Crippen molar-refractivity contribution in [2.45, 2.75) is 33.6 Å². The van der Waals surface area contributed by atoms with E-state index < -0.39 is 0 Å². The van der Waals surface area contributed by atoms with Gasteiger partial charge in [-0.2, -0.15) is 0 Å². The molecule has 3 heteroatoms. The lowest BCUT2D eigenvalue weighted by molar-refractivity contribution is 0.560. The second-order valence-corrected chi connectivity index (χ2v) is 3.87. The van der Waals surface area contributed by atoms with Crippen molar-refractivity contribution in [2.75, 3.05) is 0 Å². The lowest BCUT2D eigenvalue weighted by Crippen LogP contribution is -1.94. The third-order valence-electron chi connectivity index (χ3n) is 2.27. The van der Waals surface area contributed by atoms with E-state index in [0.29, 0.717) is 11.8 Å². The van der Waals surface area contributed by atoms with Gasteiger partial charge in [0, 0.05) is 18.7 Å². The number of fused-ring (bicyclic) bond motifs is 1. The molecule has 0 aliphatic heterocycles. The van der Waals surface area contributed by atoms with Crippen LogP contribution in [0.25, 0.3) is 11.1 Å². The fraction of sp³-hybridized carbons (Fsp3) is 0.455. The predicted molar refractivity (Wildman–Crippen MR) is 55.4 cm³/mol. The Bertz CT molecular complexity index is 471. The van der Waals surface area contributed by atoms with Crippen molar-refractivity contribution in [3.63, 3.8) is 0 Å². The van der Waals surface area contributed by atoms with Crippen LogP contribution in [0.4, 0.5) is 0 Å². The van der Waals surface area contributed by atoms with Crippen molar-refractivity contribution in [3.05, 3.63) is 23.3 Å². The van der Waals surface area contributed by atoms with Gasteiger partial charge >= 0.3 is 0 Å². The molecular weight excluding hydrogens is 176 g/mol. The maximum atomic E-state index is 5.49. The Morgan fingerprint density at radius 3 is 2.57 bits per heavy atom. The summed E-state index contributed by atoms with van der Waals surface area (Å²) in [5, 5.41) is 0. The summed E-state index contributed by atoms with van der Waals surface area (Å²) in [4.78, 5) is 8.78. The summed E-state index contributed by atoms with van der Waals surface area (Å²) >= 11 is 0. The van der Waals surface area contributed by atoms with Gasteiger partial charge in [0.1, 0.15) is 5.52 Å². The summed E-state index contributed by atoms with van der Waals surface area (Å²) in [5.41, 5.74) is 3.74. The van der Waals surface area contributed by atoms with Gasteiger partial charge in [0.25, 0.3) is 0 Å². The van der Waals surface area contributed by atoms with Crippen molar-refractivity contribution in [1.82, 2.24) is 9.97 Å². The molecular formula is C11H14N2O. The van der Waals surface area contributed by atoms with Crippen molar-refractivity contribution >= 4 is 11.1 Å². The van der Waals surface area contributed by atoms with E-state index >= 15 is 0 Å². The SMILES string of the molecule is Cc1nc2c(C)nc(C(C)C)cc2o1. The Labute approximate surface area is 83.2 Å². The topological polar surface area (TPSA) is 38.9 Å². The Morgan fingerprint density at radius 2 is 1.93 bits per heavy atom. The van der Waals surface area contributed by atoms with Crippen LogP contribution in [-0.2, 0) is 0 Å². The number of aromatic nitrogens is 2. The Morgan fingerprint density at radius 1 is 1.21 bits per heavy atom. The van der Waals surface area contributed by atoms with Crippen LogP contribution in [0.5, 0.6) is 0 Å². The molecule has 0 aliphatic carbocycles. The second kappa shape index (κ2) is 3.08. The van der Waals surface area contributed by atoms with E-state index in [1.807, 2.05) is 19.9 Å². The standard InChI is InChI=1S/C11H14N2O/c1-6(2)9-5-10-11(7(3)12-9)13-8(4)14-10/h5-6H,1-4H3. The summed E-state index contributed by atoms with van der Waals surface area (Å²) < 4.78 is 5.49. The van der Waals surface area contributed by atoms with Gasteiger partial charge in [-0.3, -0.25) is 4.98 Å². The van der Waals surface area contributed by atoms with Crippen LogP contribution >= 0.6 is 0 Å². The smallest absolute Gasteiger partial charge is 0.192 e. The Kier molecular flexibility index (Phi) is 2.02. The minimum Gasteiger partial charge on any atom is -0.441 e. The molecule has 0 unspecified atom stereocenters. The molecule has 2 heterocycles. The molecule has 14 heavy (non-hydrogen) atoms. The lowest BCUT2D eigenvalue weighted by Gasteiger charge is -2.04. The van der Waals surface area contributed by atoms with Crippen molar-refractivity contribution < 1.29 is 4.42 Å². The third-order valence-corrected chi connectivity index (χ3v) is 2.27. The first-order chi connectivity index (χ1) is 6.58. The van der Waals surface area contributed by atoms with Crippen molar-refractivity contribution in [3.8, 4) is 0 Å². The molecule has 0 amide bonds. The lowest BCUT2D eigenvalue weighted by atomic mass is 10.1. The van der Waals surface area contributed by atoms with Gasteiger partial charge in [-0.25, -0.2) is 4.98 Å². The third kappa shape index (κ3) is 1.39. The van der Waals surface area contributed by atoms with Gasteiger partial charge in [0.15, 0.2) is 11.5 Å². The molecule has 2 rings (SSSR count). The molecule has 0 bridgehead atoms. The number of oxazole rings is 1. The summed E-state index contributed by atoms with van der Waals surface area (Å²) in [6.45, 7) is 8.07. The zero-order valence-corrected chi connectivity index (χ0v) is 8.96. The second-order valence-electron chi connectivity index (χ2n) is 3.87. The molecule has 2 aromatic heterocycles. The van der Waals surface area contributed by atoms with Crippen LogP contribution in [0.2, 0.25) is 0 Å². The highest BCUT2D eigenvalue weighted by atomic mass is 16.3. The van der Waals surface area contributed by atoms with Crippen LogP contribution in [-0.4, -0.2) is 9.97 Å². The van der Waals surface area contributed by atoms with Crippen molar-refractivity contribution in [2.24, 2.45) is 0 Å². The highest BCUT2D eigenvalue weighted by molar-refractivity contribution is 5.75. The molecule has 0 spiro atoms.